The third-order valence-electron chi connectivity index (χ3n) is 4.58. The normalized spacial score (nSPS) is 14.8. The number of thiocarbonyl (C=S) groups is 1. The summed E-state index contributed by atoms with van der Waals surface area (Å²) in [6.45, 7) is 9.70. The molecule has 2 aromatic carbocycles. The first-order valence-electron chi connectivity index (χ1n) is 9.49. The zero-order chi connectivity index (χ0) is 19.8. The van der Waals surface area contributed by atoms with Crippen molar-refractivity contribution in [2.24, 2.45) is 0 Å². The lowest BCUT2D eigenvalue weighted by molar-refractivity contribution is 0.122. The maximum atomic E-state index is 5.56. The van der Waals surface area contributed by atoms with Crippen LogP contribution in [-0.4, -0.2) is 38.0 Å². The molecule has 148 valence electrons. The molecule has 2 N–H and O–H groups in total. The van der Waals surface area contributed by atoms with Crippen molar-refractivity contribution < 1.29 is 9.47 Å². The minimum atomic E-state index is 0.0962. The number of rotatable bonds is 7. The average molecular weight is 398 g/mol. The lowest BCUT2D eigenvalue weighted by atomic mass is 10.1. The summed E-state index contributed by atoms with van der Waals surface area (Å²) in [5.74, 6) is 0.777. The van der Waals surface area contributed by atoms with Crippen LogP contribution in [0.5, 0.6) is 5.75 Å². The highest BCUT2D eigenvalue weighted by atomic mass is 32.1. The average Bonchev–Trinajstić information content (AvgIpc) is 2.73. The molecule has 0 unspecified atom stereocenters. The first-order chi connectivity index (χ1) is 13.7. The molecule has 2 aromatic rings. The van der Waals surface area contributed by atoms with E-state index < -0.39 is 0 Å². The van der Waals surface area contributed by atoms with E-state index in [2.05, 4.69) is 53.3 Å². The van der Waals surface area contributed by atoms with E-state index >= 15 is 0 Å². The highest BCUT2D eigenvalue weighted by Crippen LogP contribution is 2.21. The highest BCUT2D eigenvalue weighted by molar-refractivity contribution is 7.80. The van der Waals surface area contributed by atoms with Gasteiger partial charge in [-0.1, -0.05) is 30.9 Å². The highest BCUT2D eigenvalue weighted by Gasteiger charge is 2.12. The zero-order valence-corrected chi connectivity index (χ0v) is 17.0. The van der Waals surface area contributed by atoms with Crippen molar-refractivity contribution in [1.29, 1.82) is 0 Å². The second-order valence-corrected chi connectivity index (χ2v) is 7.05. The van der Waals surface area contributed by atoms with Gasteiger partial charge in [0.15, 0.2) is 5.11 Å². The third-order valence-corrected chi connectivity index (χ3v) is 4.80. The standard InChI is InChI=1S/C22H27N3O2S/c1-3-13-27-21-6-4-5-19(16-21)24-22(28)23-17(2)18-7-9-20(10-8-18)25-11-14-26-15-12-25/h3-10,16-17H,1,11-15H2,2H3,(H2,23,24,28)/t17-/m1/s1. The molecule has 3 rings (SSSR count). The van der Waals surface area contributed by atoms with Gasteiger partial charge in [0, 0.05) is 30.5 Å². The molecule has 0 aromatic heterocycles. The van der Waals surface area contributed by atoms with Gasteiger partial charge in [0.1, 0.15) is 12.4 Å². The van der Waals surface area contributed by atoms with Crippen LogP contribution in [0.25, 0.3) is 0 Å². The molecule has 0 saturated carbocycles. The van der Waals surface area contributed by atoms with Crippen molar-refractivity contribution in [3.8, 4) is 5.75 Å². The van der Waals surface area contributed by atoms with Gasteiger partial charge in [0.25, 0.3) is 0 Å². The smallest absolute Gasteiger partial charge is 0.171 e. The number of hydrogen-bond acceptors (Lipinski definition) is 4. The Bertz CT molecular complexity index is 789. The Morgan fingerprint density at radius 3 is 2.71 bits per heavy atom. The molecule has 1 heterocycles. The summed E-state index contributed by atoms with van der Waals surface area (Å²) in [6, 6.07) is 16.4. The Kier molecular flexibility index (Phi) is 7.28. The zero-order valence-electron chi connectivity index (χ0n) is 16.2. The molecule has 0 aliphatic carbocycles. The van der Waals surface area contributed by atoms with Crippen LogP contribution in [0.2, 0.25) is 0 Å². The van der Waals surface area contributed by atoms with Gasteiger partial charge in [-0.25, -0.2) is 0 Å². The van der Waals surface area contributed by atoms with E-state index in [1.54, 1.807) is 6.08 Å². The molecule has 1 fully saturated rings. The van der Waals surface area contributed by atoms with Crippen molar-refractivity contribution >= 4 is 28.7 Å². The van der Waals surface area contributed by atoms with Crippen LogP contribution in [0, 0.1) is 0 Å². The molecule has 1 aliphatic rings. The predicted octanol–water partition coefficient (Wildman–Crippen LogP) is 4.14. The number of morpholine rings is 1. The molecule has 6 heteroatoms. The van der Waals surface area contributed by atoms with Crippen molar-refractivity contribution in [2.45, 2.75) is 13.0 Å². The molecule has 0 bridgehead atoms. The van der Waals surface area contributed by atoms with Gasteiger partial charge in [-0.15, -0.1) is 0 Å². The molecule has 0 spiro atoms. The molecule has 0 radical (unpaired) electrons. The Balaban J connectivity index is 1.54. The Hall–Kier alpha value is -2.57. The molecule has 1 aliphatic heterocycles. The molecular weight excluding hydrogens is 370 g/mol. The first kappa shape index (κ1) is 20.2. The van der Waals surface area contributed by atoms with Crippen molar-refractivity contribution in [2.75, 3.05) is 43.1 Å². The number of anilines is 2. The number of hydrogen-bond donors (Lipinski definition) is 2. The maximum Gasteiger partial charge on any atom is 0.171 e. The van der Waals surface area contributed by atoms with Gasteiger partial charge in [-0.2, -0.15) is 0 Å². The second kappa shape index (κ2) is 10.1. The topological polar surface area (TPSA) is 45.8 Å². The van der Waals surface area contributed by atoms with Gasteiger partial charge in [0.05, 0.1) is 19.3 Å². The van der Waals surface area contributed by atoms with Crippen LogP contribution in [0.3, 0.4) is 0 Å². The SMILES string of the molecule is C=CCOc1cccc(NC(=S)N[C@H](C)c2ccc(N3CCOCC3)cc2)c1. The van der Waals surface area contributed by atoms with E-state index in [1.165, 1.54) is 11.3 Å². The summed E-state index contributed by atoms with van der Waals surface area (Å²) < 4.78 is 11.0. The second-order valence-electron chi connectivity index (χ2n) is 6.64. The van der Waals surface area contributed by atoms with Crippen molar-refractivity contribution in [3.05, 3.63) is 66.7 Å². The van der Waals surface area contributed by atoms with Gasteiger partial charge in [0.2, 0.25) is 0 Å². The first-order valence-corrected chi connectivity index (χ1v) is 9.90. The minimum Gasteiger partial charge on any atom is -0.489 e. The van der Waals surface area contributed by atoms with Gasteiger partial charge in [-0.3, -0.25) is 0 Å². The quantitative estimate of drug-likeness (QED) is 0.541. The Morgan fingerprint density at radius 1 is 1.25 bits per heavy atom. The largest absolute Gasteiger partial charge is 0.489 e. The molecule has 1 saturated heterocycles. The summed E-state index contributed by atoms with van der Waals surface area (Å²) in [5.41, 5.74) is 3.30. The predicted molar refractivity (Wildman–Crippen MR) is 119 cm³/mol. The lowest BCUT2D eigenvalue weighted by Gasteiger charge is -2.29. The monoisotopic (exact) mass is 397 g/mol. The summed E-state index contributed by atoms with van der Waals surface area (Å²) >= 11 is 5.47. The molecule has 5 nitrogen and oxygen atoms in total. The molecular formula is C22H27N3O2S. The number of ether oxygens (including phenoxy) is 2. The fraction of sp³-hybridized carbons (Fsp3) is 0.318. The molecule has 0 amide bonds. The van der Waals surface area contributed by atoms with E-state index in [4.69, 9.17) is 21.7 Å². The van der Waals surface area contributed by atoms with Crippen molar-refractivity contribution in [3.63, 3.8) is 0 Å². The van der Waals surface area contributed by atoms with Crippen molar-refractivity contribution in [1.82, 2.24) is 5.32 Å². The summed E-state index contributed by atoms with van der Waals surface area (Å²) in [7, 11) is 0. The number of benzene rings is 2. The number of nitrogens with zero attached hydrogens (tertiary/aromatic N) is 1. The van der Waals surface area contributed by atoms with Crippen LogP contribution in [0.15, 0.2) is 61.2 Å². The Labute approximate surface area is 172 Å². The summed E-state index contributed by atoms with van der Waals surface area (Å²) in [6.07, 6.45) is 1.72. The van der Waals surface area contributed by atoms with Crippen LogP contribution in [0.1, 0.15) is 18.5 Å². The van der Waals surface area contributed by atoms with E-state index in [9.17, 15) is 0 Å². The third kappa shape index (κ3) is 5.71. The van der Waals surface area contributed by atoms with Gasteiger partial charge in [-0.05, 0) is 49.0 Å². The maximum absolute atomic E-state index is 5.56. The molecule has 28 heavy (non-hydrogen) atoms. The van der Waals surface area contributed by atoms with Gasteiger partial charge >= 0.3 is 0 Å². The van der Waals surface area contributed by atoms with Gasteiger partial charge < -0.3 is 25.0 Å². The summed E-state index contributed by atoms with van der Waals surface area (Å²) in [4.78, 5) is 2.35. The van der Waals surface area contributed by atoms with E-state index in [1.807, 2.05) is 24.3 Å². The fourth-order valence-corrected chi connectivity index (χ4v) is 3.36. The lowest BCUT2D eigenvalue weighted by Crippen LogP contribution is -2.36. The van der Waals surface area contributed by atoms with E-state index in [0.29, 0.717) is 11.7 Å². The number of nitrogens with one attached hydrogen (secondary N) is 2. The van der Waals surface area contributed by atoms with Crippen LogP contribution < -0.4 is 20.3 Å². The van der Waals surface area contributed by atoms with Crippen LogP contribution in [-0.2, 0) is 4.74 Å². The van der Waals surface area contributed by atoms with Crippen LogP contribution in [0.4, 0.5) is 11.4 Å². The van der Waals surface area contributed by atoms with E-state index in [0.717, 1.165) is 37.7 Å². The van der Waals surface area contributed by atoms with E-state index in [-0.39, 0.29) is 6.04 Å². The van der Waals surface area contributed by atoms with Crippen LogP contribution >= 0.6 is 12.2 Å². The summed E-state index contributed by atoms with van der Waals surface area (Å²) in [5, 5.41) is 7.13. The Morgan fingerprint density at radius 2 is 2.00 bits per heavy atom. The fourth-order valence-electron chi connectivity index (χ4n) is 3.06. The minimum absolute atomic E-state index is 0.0962. The molecule has 1 atom stereocenters.